The largest absolute Gasteiger partial charge is 1.00 e. The predicted octanol–water partition coefficient (Wildman–Crippen LogP) is 0.859. The number of benzene rings is 2. The van der Waals surface area contributed by atoms with Crippen LogP contribution in [0, 0.1) is 13.2 Å². The van der Waals surface area contributed by atoms with Gasteiger partial charge < -0.3 is 17.3 Å². The van der Waals surface area contributed by atoms with Crippen molar-refractivity contribution in [1.29, 1.82) is 0 Å². The summed E-state index contributed by atoms with van der Waals surface area (Å²) < 4.78 is 54.4. The van der Waals surface area contributed by atoms with E-state index in [1.807, 2.05) is 29.8 Å². The minimum Gasteiger partial charge on any atom is -0.358 e. The molecule has 3 aromatic rings. The van der Waals surface area contributed by atoms with Gasteiger partial charge in [-0.1, -0.05) is 6.07 Å². The minimum absolute atomic E-state index is 0. The number of hydrogen-bond donors (Lipinski definition) is 1. The molecule has 1 aliphatic rings. The zero-order valence-electron chi connectivity index (χ0n) is 17.5. The zero-order chi connectivity index (χ0) is 20.8. The van der Waals surface area contributed by atoms with Crippen LogP contribution in [0.5, 0.6) is 0 Å². The maximum atomic E-state index is 13.7. The summed E-state index contributed by atoms with van der Waals surface area (Å²) in [7, 11) is 1.87. The smallest absolute Gasteiger partial charge is 0.358 e. The molecule has 0 aliphatic carbocycles. The average Bonchev–Trinajstić information content (AvgIpc) is 3.00. The van der Waals surface area contributed by atoms with Gasteiger partial charge in [0.05, 0.1) is 35.5 Å². The summed E-state index contributed by atoms with van der Waals surface area (Å²) in [6.07, 6.45) is -2.93. The molecule has 0 spiro atoms. The maximum absolute atomic E-state index is 13.7. The van der Waals surface area contributed by atoms with Gasteiger partial charge in [-0.05, 0) is 41.5 Å². The number of nitrogens with one attached hydrogen (secondary N) is 1. The van der Waals surface area contributed by atoms with Gasteiger partial charge in [0, 0.05) is 20.1 Å². The number of aromatic nitrogens is 2. The molecule has 1 N–H and O–H groups in total. The molecule has 1 saturated heterocycles. The molecule has 1 unspecified atom stereocenters. The summed E-state index contributed by atoms with van der Waals surface area (Å²) >= 11 is 0. The summed E-state index contributed by atoms with van der Waals surface area (Å²) in [5, 5.41) is 2.91. The Labute approximate surface area is 236 Å². The van der Waals surface area contributed by atoms with Crippen molar-refractivity contribution in [2.75, 3.05) is 13.1 Å². The van der Waals surface area contributed by atoms with Crippen molar-refractivity contribution in [2.45, 2.75) is 18.8 Å². The first kappa shape index (κ1) is 26.4. The fourth-order valence-electron chi connectivity index (χ4n) is 3.64. The quantitative estimate of drug-likeness (QED) is 0.387. The van der Waals surface area contributed by atoms with E-state index in [9.17, 15) is 22.4 Å². The van der Waals surface area contributed by atoms with E-state index in [0.717, 1.165) is 28.7 Å². The van der Waals surface area contributed by atoms with Crippen LogP contribution in [-0.4, -0.2) is 33.4 Å². The molecule has 1 fully saturated rings. The molecule has 10 heteroatoms. The van der Waals surface area contributed by atoms with E-state index >= 15 is 0 Å². The zero-order valence-corrected chi connectivity index (χ0v) is 23.8. The third-order valence-corrected chi connectivity index (χ3v) is 4.99. The maximum Gasteiger partial charge on any atom is 1.00 e. The Morgan fingerprint density at radius 1 is 1.19 bits per heavy atom. The monoisotopic (exact) mass is 554 g/mol. The Kier molecular flexibility index (Phi) is 8.82. The normalized spacial score (nSPS) is 17.1. The first-order valence-corrected chi connectivity index (χ1v) is 8.98. The van der Waals surface area contributed by atoms with Crippen molar-refractivity contribution in [2.24, 2.45) is 7.05 Å². The summed E-state index contributed by atoms with van der Waals surface area (Å²) in [5.74, 6) is -1.19. The van der Waals surface area contributed by atoms with E-state index in [1.165, 1.54) is 0 Å². The van der Waals surface area contributed by atoms with Gasteiger partial charge in [0.2, 0.25) is 5.91 Å². The van der Waals surface area contributed by atoms with Crippen molar-refractivity contribution in [3.05, 3.63) is 72.7 Å². The number of fused-ring (bicyclic) bond motifs is 1. The molecule has 1 aliphatic heterocycles. The fraction of sp³-hybridized carbons (Fsp3) is 0.286. The third-order valence-electron chi connectivity index (χ3n) is 4.99. The molecule has 1 aromatic heterocycles. The summed E-state index contributed by atoms with van der Waals surface area (Å²) in [6, 6.07) is 7.79. The van der Waals surface area contributed by atoms with Crippen LogP contribution in [0.15, 0.2) is 42.7 Å². The molecular formula is C21H21CsF4N4O. The first-order chi connectivity index (χ1) is 13.7. The Balaban J connectivity index is 0.00000171. The van der Waals surface area contributed by atoms with Gasteiger partial charge in [-0.2, -0.15) is 13.2 Å². The number of aryl methyl sites for hydroxylation is 1. The second-order valence-electron chi connectivity index (χ2n) is 7.24. The number of halogens is 4. The Bertz CT molecular complexity index is 1080. The topological polar surface area (TPSA) is 50.2 Å². The molecule has 0 saturated carbocycles. The molecule has 5 nitrogen and oxygen atoms in total. The molecule has 160 valence electrons. The number of nitrogens with zero attached hydrogens (tertiary/aromatic N) is 3. The molecule has 1 amide bonds. The van der Waals surface area contributed by atoms with Crippen LogP contribution in [0.4, 0.5) is 17.6 Å². The fourth-order valence-corrected chi connectivity index (χ4v) is 3.64. The van der Waals surface area contributed by atoms with Crippen LogP contribution >= 0.6 is 0 Å². The predicted molar refractivity (Wildman–Crippen MR) is 105 cm³/mol. The molecule has 31 heavy (non-hydrogen) atoms. The van der Waals surface area contributed by atoms with Gasteiger partial charge in [0.1, 0.15) is 5.82 Å². The van der Waals surface area contributed by atoms with E-state index in [-0.39, 0.29) is 107 Å². The molecule has 2 aromatic carbocycles. The second-order valence-corrected chi connectivity index (χ2v) is 7.24. The van der Waals surface area contributed by atoms with Crippen LogP contribution in [0.3, 0.4) is 0 Å². The number of imidazole rings is 1. The second kappa shape index (κ2) is 10.4. The molecule has 2 heterocycles. The number of alkyl halides is 3. The van der Waals surface area contributed by atoms with E-state index < -0.39 is 17.6 Å². The number of rotatable bonds is 3. The van der Waals surface area contributed by atoms with Crippen molar-refractivity contribution in [3.8, 4) is 0 Å². The van der Waals surface area contributed by atoms with Crippen molar-refractivity contribution in [3.63, 3.8) is 0 Å². The Hall–Kier alpha value is -0.888. The van der Waals surface area contributed by atoms with Gasteiger partial charge >= 0.3 is 75.1 Å². The number of carbonyl (C=O) groups excluding carboxylic acids is 1. The van der Waals surface area contributed by atoms with Crippen molar-refractivity contribution in [1.82, 2.24) is 19.8 Å². The summed E-state index contributed by atoms with van der Waals surface area (Å²) in [6.45, 7) is 0.466. The first-order valence-electron chi connectivity index (χ1n) is 8.98. The molecule has 1 atom stereocenters. The van der Waals surface area contributed by atoms with Crippen LogP contribution in [-0.2, 0) is 24.6 Å². The molecular weight excluding hydrogens is 533 g/mol. The van der Waals surface area contributed by atoms with E-state index in [2.05, 4.69) is 10.3 Å². The van der Waals surface area contributed by atoms with Crippen LogP contribution < -0.4 is 74.2 Å². The van der Waals surface area contributed by atoms with E-state index in [4.69, 9.17) is 0 Å². The standard InChI is InChI=1S/C20H18F4N4O.CH3.Cs/c1-27-11-25-16-3-2-13(6-18(16)27)17-9-28(10-19(29)26-17)8-12-4-14(20(22,23)24)7-15(21)5-12;;/h2-7,11,17H,8-10H2,1H3,(H,26,29);1H3;/q;-1;+1. The number of amides is 1. The number of piperazine rings is 1. The van der Waals surface area contributed by atoms with E-state index in [1.54, 1.807) is 11.2 Å². The summed E-state index contributed by atoms with van der Waals surface area (Å²) in [4.78, 5) is 18.2. The Morgan fingerprint density at radius 3 is 2.65 bits per heavy atom. The van der Waals surface area contributed by atoms with Crippen LogP contribution in [0.25, 0.3) is 11.0 Å². The molecule has 0 radical (unpaired) electrons. The van der Waals surface area contributed by atoms with Crippen LogP contribution in [0.2, 0.25) is 0 Å². The minimum atomic E-state index is -4.63. The van der Waals surface area contributed by atoms with Crippen molar-refractivity contribution >= 4 is 16.9 Å². The van der Waals surface area contributed by atoms with Gasteiger partial charge in [0.15, 0.2) is 0 Å². The molecule has 4 rings (SSSR count). The van der Waals surface area contributed by atoms with Crippen LogP contribution in [0.1, 0.15) is 22.7 Å². The van der Waals surface area contributed by atoms with Gasteiger partial charge in [-0.3, -0.25) is 9.69 Å². The SMILES string of the molecule is Cn1cnc2ccc(C3CN(Cc4cc(F)cc(C(F)(F)F)c4)CC(=O)N3)cc21.[CH3-].[Cs+]. The van der Waals surface area contributed by atoms with Gasteiger partial charge in [-0.15, -0.1) is 0 Å². The number of hydrogen-bond acceptors (Lipinski definition) is 3. The Morgan fingerprint density at radius 2 is 1.94 bits per heavy atom. The number of carbonyl (C=O) groups is 1. The average molecular weight is 554 g/mol. The third kappa shape index (κ3) is 6.12. The van der Waals surface area contributed by atoms with Gasteiger partial charge in [-0.25, -0.2) is 9.37 Å². The van der Waals surface area contributed by atoms with E-state index in [0.29, 0.717) is 12.6 Å². The summed E-state index contributed by atoms with van der Waals surface area (Å²) in [5.41, 5.74) is 1.75. The van der Waals surface area contributed by atoms with Crippen molar-refractivity contribution < 1.29 is 91.2 Å². The molecule has 0 bridgehead atoms. The van der Waals surface area contributed by atoms with Gasteiger partial charge in [0.25, 0.3) is 0 Å².